The van der Waals surface area contributed by atoms with Crippen LogP contribution >= 0.6 is 0 Å². The van der Waals surface area contributed by atoms with Crippen LogP contribution in [0.5, 0.6) is 5.75 Å². The highest BCUT2D eigenvalue weighted by Gasteiger charge is 2.53. The molecule has 2 aromatic rings. The Morgan fingerprint density at radius 1 is 1.07 bits per heavy atom. The van der Waals surface area contributed by atoms with Gasteiger partial charge in [-0.25, -0.2) is 8.42 Å². The van der Waals surface area contributed by atoms with Crippen molar-refractivity contribution in [2.24, 2.45) is 0 Å². The number of hydrogen-bond donors (Lipinski definition) is 1. The second kappa shape index (κ2) is 8.32. The maximum Gasteiger partial charge on any atom is 0.325 e. The molecule has 0 amide bonds. The lowest BCUT2D eigenvalue weighted by atomic mass is 9.95. The summed E-state index contributed by atoms with van der Waals surface area (Å²) in [5, 5.41) is 9.86. The third kappa shape index (κ3) is 3.91. The Morgan fingerprint density at radius 2 is 1.68 bits per heavy atom. The van der Waals surface area contributed by atoms with Gasteiger partial charge in [0.1, 0.15) is 5.75 Å². The Labute approximate surface area is 165 Å². The summed E-state index contributed by atoms with van der Waals surface area (Å²) in [5.74, 6) is -0.745. The van der Waals surface area contributed by atoms with Gasteiger partial charge < -0.3 is 14.7 Å². The van der Waals surface area contributed by atoms with E-state index in [4.69, 9.17) is 4.74 Å². The Bertz CT molecular complexity index is 902. The van der Waals surface area contributed by atoms with Crippen molar-refractivity contribution in [3.05, 3.63) is 60.2 Å². The summed E-state index contributed by atoms with van der Waals surface area (Å²) in [6, 6.07) is 16.0. The molecule has 6 nitrogen and oxygen atoms in total. The highest BCUT2D eigenvalue weighted by molar-refractivity contribution is 7.93. The van der Waals surface area contributed by atoms with Crippen LogP contribution < -0.4 is 4.74 Å². The smallest absolute Gasteiger partial charge is 0.325 e. The van der Waals surface area contributed by atoms with Crippen molar-refractivity contribution in [3.63, 3.8) is 0 Å². The summed E-state index contributed by atoms with van der Waals surface area (Å²) in [6.07, 6.45) is 1.00. The SMILES string of the molecule is COc1ccc(S(=O)(=O)C2(C(=O)O)CCN(CCc3ccccc3)CC2)cc1. The molecule has 0 bridgehead atoms. The van der Waals surface area contributed by atoms with Crippen LogP contribution in [0.1, 0.15) is 18.4 Å². The van der Waals surface area contributed by atoms with E-state index in [1.54, 1.807) is 0 Å². The van der Waals surface area contributed by atoms with Crippen molar-refractivity contribution < 1.29 is 23.1 Å². The monoisotopic (exact) mass is 403 g/mol. The van der Waals surface area contributed by atoms with Gasteiger partial charge in [-0.05, 0) is 49.1 Å². The number of likely N-dealkylation sites (tertiary alicyclic amines) is 1. The molecule has 0 aliphatic carbocycles. The van der Waals surface area contributed by atoms with Gasteiger partial charge in [0.15, 0.2) is 14.6 Å². The number of carboxylic acid groups (broad SMARTS) is 1. The Hall–Kier alpha value is -2.38. The minimum Gasteiger partial charge on any atom is -0.497 e. The second-order valence-electron chi connectivity index (χ2n) is 7.06. The topological polar surface area (TPSA) is 83.9 Å². The van der Waals surface area contributed by atoms with E-state index in [1.807, 2.05) is 18.2 Å². The molecule has 2 aromatic carbocycles. The number of nitrogens with zero attached hydrogens (tertiary/aromatic N) is 1. The van der Waals surface area contributed by atoms with Gasteiger partial charge in [-0.1, -0.05) is 30.3 Å². The predicted molar refractivity (Wildman–Crippen MR) is 106 cm³/mol. The van der Waals surface area contributed by atoms with E-state index >= 15 is 0 Å². The van der Waals surface area contributed by atoms with E-state index in [9.17, 15) is 18.3 Å². The second-order valence-corrected chi connectivity index (χ2v) is 9.32. The number of ether oxygens (including phenoxy) is 1. The minimum absolute atomic E-state index is 0.0217. The molecule has 150 valence electrons. The first kappa shape index (κ1) is 20.4. The molecule has 0 radical (unpaired) electrons. The number of benzene rings is 2. The molecular formula is C21H25NO5S. The third-order valence-corrected chi connectivity index (χ3v) is 8.00. The Morgan fingerprint density at radius 3 is 2.21 bits per heavy atom. The van der Waals surface area contributed by atoms with Crippen LogP contribution in [0.4, 0.5) is 0 Å². The summed E-state index contributed by atoms with van der Waals surface area (Å²) in [5.41, 5.74) is 1.21. The Balaban J connectivity index is 1.73. The maximum absolute atomic E-state index is 13.2. The van der Waals surface area contributed by atoms with Crippen LogP contribution in [-0.2, 0) is 21.1 Å². The first-order chi connectivity index (χ1) is 13.4. The zero-order valence-electron chi connectivity index (χ0n) is 15.9. The molecule has 3 rings (SSSR count). The number of sulfone groups is 1. The van der Waals surface area contributed by atoms with Gasteiger partial charge in [0, 0.05) is 19.6 Å². The molecule has 1 aliphatic rings. The number of piperidine rings is 1. The van der Waals surface area contributed by atoms with Crippen LogP contribution in [0.15, 0.2) is 59.5 Å². The highest BCUT2D eigenvalue weighted by atomic mass is 32.2. The molecule has 1 N–H and O–H groups in total. The normalized spacial score (nSPS) is 17.2. The summed E-state index contributed by atoms with van der Waals surface area (Å²) >= 11 is 0. The zero-order valence-corrected chi connectivity index (χ0v) is 16.7. The average Bonchev–Trinajstić information content (AvgIpc) is 2.73. The number of hydrogen-bond acceptors (Lipinski definition) is 5. The van der Waals surface area contributed by atoms with E-state index in [0.717, 1.165) is 13.0 Å². The van der Waals surface area contributed by atoms with Gasteiger partial charge in [-0.2, -0.15) is 0 Å². The van der Waals surface area contributed by atoms with Gasteiger partial charge in [0.05, 0.1) is 12.0 Å². The van der Waals surface area contributed by atoms with Gasteiger partial charge >= 0.3 is 5.97 Å². The molecule has 0 aromatic heterocycles. The van der Waals surface area contributed by atoms with Crippen LogP contribution in [-0.4, -0.2) is 55.9 Å². The lowest BCUT2D eigenvalue weighted by Gasteiger charge is -2.38. The van der Waals surface area contributed by atoms with Gasteiger partial charge in [0.2, 0.25) is 0 Å². The lowest BCUT2D eigenvalue weighted by molar-refractivity contribution is -0.141. The largest absolute Gasteiger partial charge is 0.497 e. The summed E-state index contributed by atoms with van der Waals surface area (Å²) in [6.45, 7) is 1.66. The average molecular weight is 404 g/mol. The molecular weight excluding hydrogens is 378 g/mol. The van der Waals surface area contributed by atoms with Crippen molar-refractivity contribution >= 4 is 15.8 Å². The van der Waals surface area contributed by atoms with E-state index in [1.165, 1.54) is 36.9 Å². The van der Waals surface area contributed by atoms with Gasteiger partial charge in [0.25, 0.3) is 0 Å². The van der Waals surface area contributed by atoms with E-state index < -0.39 is 20.6 Å². The van der Waals surface area contributed by atoms with Crippen molar-refractivity contribution in [2.75, 3.05) is 26.7 Å². The quantitative estimate of drug-likeness (QED) is 0.765. The number of aliphatic carboxylic acids is 1. The fourth-order valence-corrected chi connectivity index (χ4v) is 5.54. The fourth-order valence-electron chi connectivity index (χ4n) is 3.65. The predicted octanol–water partition coefficient (Wildman–Crippen LogP) is 2.63. The van der Waals surface area contributed by atoms with Crippen LogP contribution in [0.25, 0.3) is 0 Å². The molecule has 1 heterocycles. The van der Waals surface area contributed by atoms with E-state index in [2.05, 4.69) is 17.0 Å². The van der Waals surface area contributed by atoms with E-state index in [0.29, 0.717) is 18.8 Å². The Kier molecular flexibility index (Phi) is 6.05. The minimum atomic E-state index is -4.02. The van der Waals surface area contributed by atoms with Crippen molar-refractivity contribution in [1.82, 2.24) is 4.90 Å². The molecule has 28 heavy (non-hydrogen) atoms. The molecule has 1 aliphatic heterocycles. The number of carbonyl (C=O) groups is 1. The molecule has 1 fully saturated rings. The fraction of sp³-hybridized carbons (Fsp3) is 0.381. The molecule has 0 saturated carbocycles. The molecule has 0 spiro atoms. The maximum atomic E-state index is 13.2. The van der Waals surface area contributed by atoms with E-state index in [-0.39, 0.29) is 17.7 Å². The first-order valence-corrected chi connectivity index (χ1v) is 10.8. The number of carboxylic acids is 1. The van der Waals surface area contributed by atoms with Gasteiger partial charge in [-0.15, -0.1) is 0 Å². The third-order valence-electron chi connectivity index (χ3n) is 5.50. The van der Waals surface area contributed by atoms with Crippen molar-refractivity contribution in [1.29, 1.82) is 0 Å². The zero-order chi connectivity index (χ0) is 20.2. The van der Waals surface area contributed by atoms with Crippen molar-refractivity contribution in [2.45, 2.75) is 28.9 Å². The highest BCUT2D eigenvalue weighted by Crippen LogP contribution is 2.36. The number of rotatable bonds is 7. The molecule has 7 heteroatoms. The van der Waals surface area contributed by atoms with Crippen LogP contribution in [0.3, 0.4) is 0 Å². The lowest BCUT2D eigenvalue weighted by Crippen LogP contribution is -2.54. The standard InChI is InChI=1S/C21H25NO5S/c1-27-18-7-9-19(10-8-18)28(25,26)21(20(23)24)12-15-22(16-13-21)14-11-17-5-3-2-4-6-17/h2-10H,11-16H2,1H3,(H,23,24). The van der Waals surface area contributed by atoms with Crippen LogP contribution in [0, 0.1) is 0 Å². The molecule has 1 saturated heterocycles. The molecule has 0 atom stereocenters. The first-order valence-electron chi connectivity index (χ1n) is 9.27. The summed E-state index contributed by atoms with van der Waals surface area (Å²) in [4.78, 5) is 14.2. The summed E-state index contributed by atoms with van der Waals surface area (Å²) < 4.78 is 29.7. The van der Waals surface area contributed by atoms with Crippen LogP contribution in [0.2, 0.25) is 0 Å². The number of methoxy groups -OCH3 is 1. The molecule has 0 unspecified atom stereocenters. The van der Waals surface area contributed by atoms with Crippen molar-refractivity contribution in [3.8, 4) is 5.75 Å². The summed E-state index contributed by atoms with van der Waals surface area (Å²) in [7, 11) is -2.53. The van der Waals surface area contributed by atoms with Gasteiger partial charge in [-0.3, -0.25) is 4.79 Å².